The van der Waals surface area contributed by atoms with Crippen molar-refractivity contribution in [2.45, 2.75) is 6.92 Å². The average molecular weight is 541 g/mol. The number of guanidine groups is 1. The van der Waals surface area contributed by atoms with Gasteiger partial charge < -0.3 is 41.0 Å². The lowest BCUT2D eigenvalue weighted by Crippen LogP contribution is -2.26. The van der Waals surface area contributed by atoms with Crippen LogP contribution in [0.25, 0.3) is 0 Å². The molecule has 1 amide bonds. The predicted octanol–water partition coefficient (Wildman–Crippen LogP) is 4.08. The number of nitrogen functional groups attached to an aromatic ring is 1. The number of nitrogens with zero attached hydrogens (tertiary/aromatic N) is 2. The molecule has 0 fully saturated rings. The van der Waals surface area contributed by atoms with Crippen LogP contribution in [0.5, 0.6) is 40.8 Å². The number of amidine groups is 1. The molecule has 40 heavy (non-hydrogen) atoms. The van der Waals surface area contributed by atoms with Crippen molar-refractivity contribution in [3.8, 4) is 40.8 Å². The number of hydrogen-bond donors (Lipinski definition) is 6. The Morgan fingerprint density at radius 2 is 1.75 bits per heavy atom. The fourth-order valence-corrected chi connectivity index (χ4v) is 3.74. The maximum atomic E-state index is 12.1. The van der Waals surface area contributed by atoms with Crippen LogP contribution in [-0.2, 0) is 4.79 Å². The molecule has 8 N–H and O–H groups in total. The molecule has 0 bridgehead atoms. The first kappa shape index (κ1) is 25.8. The SMILES string of the molecule is Cc1cc(NC(=N)N)cc(Oc2nc3c(c(Oc4cc(C(=N)N)ccc4Oc4ccccc4)n2)NC(=O)CO3)c1. The number of para-hydroxylation sites is 1. The minimum absolute atomic E-state index is 0.0302. The number of nitrogens with two attached hydrogens (primary N) is 2. The van der Waals surface area contributed by atoms with Crippen molar-refractivity contribution >= 4 is 29.1 Å². The zero-order chi connectivity index (χ0) is 28.2. The highest BCUT2D eigenvalue weighted by atomic mass is 16.5. The van der Waals surface area contributed by atoms with Crippen LogP contribution in [0, 0.1) is 17.7 Å². The largest absolute Gasteiger partial charge is 0.466 e. The molecule has 0 saturated carbocycles. The molecule has 0 spiro atoms. The summed E-state index contributed by atoms with van der Waals surface area (Å²) < 4.78 is 23.6. The summed E-state index contributed by atoms with van der Waals surface area (Å²) in [6.45, 7) is 1.58. The molecule has 13 heteroatoms. The highest BCUT2D eigenvalue weighted by Gasteiger charge is 2.27. The summed E-state index contributed by atoms with van der Waals surface area (Å²) in [5.41, 5.74) is 13.0. The Hall–Kier alpha value is -5.85. The molecular weight excluding hydrogens is 516 g/mol. The maximum absolute atomic E-state index is 12.1. The molecule has 0 aliphatic carbocycles. The van der Waals surface area contributed by atoms with Crippen LogP contribution >= 0.6 is 0 Å². The van der Waals surface area contributed by atoms with Crippen molar-refractivity contribution in [1.29, 1.82) is 10.8 Å². The Balaban J connectivity index is 1.54. The number of aryl methyl sites for hydroxylation is 1. The van der Waals surface area contributed by atoms with Crippen molar-refractivity contribution in [2.75, 3.05) is 17.2 Å². The Morgan fingerprint density at radius 3 is 2.50 bits per heavy atom. The van der Waals surface area contributed by atoms with Crippen LogP contribution in [0.15, 0.2) is 66.7 Å². The number of anilines is 2. The molecule has 0 unspecified atom stereocenters. The monoisotopic (exact) mass is 540 g/mol. The van der Waals surface area contributed by atoms with E-state index in [-0.39, 0.29) is 47.6 Å². The van der Waals surface area contributed by atoms with Gasteiger partial charge in [0.25, 0.3) is 11.8 Å². The number of fused-ring (bicyclic) bond motifs is 1. The molecule has 1 aromatic heterocycles. The lowest BCUT2D eigenvalue weighted by atomic mass is 10.2. The van der Waals surface area contributed by atoms with Gasteiger partial charge in [0.05, 0.1) is 0 Å². The van der Waals surface area contributed by atoms with E-state index in [9.17, 15) is 4.79 Å². The first-order valence-electron chi connectivity index (χ1n) is 11.9. The number of rotatable bonds is 8. The molecular formula is C27H24N8O5. The Kier molecular flexibility index (Phi) is 7.01. The molecule has 0 saturated heterocycles. The quantitative estimate of drug-likeness (QED) is 0.139. The smallest absolute Gasteiger partial charge is 0.328 e. The third kappa shape index (κ3) is 5.99. The van der Waals surface area contributed by atoms with Crippen LogP contribution < -0.4 is 41.0 Å². The third-order valence-corrected chi connectivity index (χ3v) is 5.40. The number of nitrogens with one attached hydrogen (secondary N) is 4. The fraction of sp³-hybridized carbons (Fsp3) is 0.0741. The van der Waals surface area contributed by atoms with E-state index in [1.54, 1.807) is 42.5 Å². The van der Waals surface area contributed by atoms with Gasteiger partial charge >= 0.3 is 6.01 Å². The molecule has 5 rings (SSSR count). The molecule has 4 aromatic rings. The highest BCUT2D eigenvalue weighted by Crippen LogP contribution is 2.42. The second-order valence-electron chi connectivity index (χ2n) is 8.60. The molecule has 3 aromatic carbocycles. The third-order valence-electron chi connectivity index (χ3n) is 5.40. The van der Waals surface area contributed by atoms with Crippen molar-refractivity contribution in [3.63, 3.8) is 0 Å². The van der Waals surface area contributed by atoms with E-state index in [1.807, 2.05) is 25.1 Å². The summed E-state index contributed by atoms with van der Waals surface area (Å²) >= 11 is 0. The van der Waals surface area contributed by atoms with E-state index in [0.29, 0.717) is 28.5 Å². The van der Waals surface area contributed by atoms with Gasteiger partial charge in [0, 0.05) is 17.3 Å². The van der Waals surface area contributed by atoms with Gasteiger partial charge in [0.15, 0.2) is 29.8 Å². The van der Waals surface area contributed by atoms with Gasteiger partial charge in [-0.2, -0.15) is 9.97 Å². The number of ether oxygens (including phenoxy) is 4. The number of hydrogen-bond acceptors (Lipinski definition) is 9. The van der Waals surface area contributed by atoms with Crippen molar-refractivity contribution in [3.05, 3.63) is 77.9 Å². The molecule has 1 aliphatic rings. The Morgan fingerprint density at radius 1 is 0.950 bits per heavy atom. The Labute approximate surface area is 228 Å². The minimum atomic E-state index is -0.425. The first-order valence-corrected chi connectivity index (χ1v) is 11.9. The van der Waals surface area contributed by atoms with Gasteiger partial charge in [0.1, 0.15) is 17.3 Å². The van der Waals surface area contributed by atoms with E-state index in [1.165, 1.54) is 6.07 Å². The zero-order valence-electron chi connectivity index (χ0n) is 21.1. The normalized spacial score (nSPS) is 11.9. The molecule has 13 nitrogen and oxygen atoms in total. The van der Waals surface area contributed by atoms with E-state index in [4.69, 9.17) is 41.2 Å². The topological polar surface area (TPSA) is 204 Å². The van der Waals surface area contributed by atoms with E-state index in [0.717, 1.165) is 5.56 Å². The molecule has 0 atom stereocenters. The van der Waals surface area contributed by atoms with Gasteiger partial charge in [-0.15, -0.1) is 0 Å². The number of benzene rings is 3. The second kappa shape index (κ2) is 10.9. The van der Waals surface area contributed by atoms with Crippen molar-refractivity contribution in [1.82, 2.24) is 9.97 Å². The number of carbonyl (C=O) groups excluding carboxylic acids is 1. The standard InChI is InChI=1S/C27H24N8O5/c1-14-9-16(32-26(30)31)12-18(10-14)39-27-34-24-22(33-21(36)13-37-24)25(35-27)40-20-11-15(23(28)29)7-8-19(20)38-17-5-3-2-4-6-17/h2-12H,13H2,1H3,(H3,28,29)(H,33,36)(H4,30,31,32). The lowest BCUT2D eigenvalue weighted by molar-refractivity contribution is -0.118. The minimum Gasteiger partial charge on any atom is -0.466 e. The first-order chi connectivity index (χ1) is 19.2. The van der Waals surface area contributed by atoms with Gasteiger partial charge in [-0.3, -0.25) is 15.6 Å². The highest BCUT2D eigenvalue weighted by molar-refractivity contribution is 5.97. The van der Waals surface area contributed by atoms with E-state index >= 15 is 0 Å². The lowest BCUT2D eigenvalue weighted by Gasteiger charge is -2.21. The fourth-order valence-electron chi connectivity index (χ4n) is 3.74. The van der Waals surface area contributed by atoms with Crippen LogP contribution in [0.3, 0.4) is 0 Å². The maximum Gasteiger partial charge on any atom is 0.328 e. The number of carbonyl (C=O) groups is 1. The van der Waals surface area contributed by atoms with Crippen LogP contribution in [0.1, 0.15) is 11.1 Å². The summed E-state index contributed by atoms with van der Waals surface area (Å²) in [5, 5.41) is 20.7. The van der Waals surface area contributed by atoms with E-state index < -0.39 is 5.91 Å². The van der Waals surface area contributed by atoms with Crippen LogP contribution in [-0.4, -0.2) is 34.3 Å². The molecule has 1 aliphatic heterocycles. The zero-order valence-corrected chi connectivity index (χ0v) is 21.1. The van der Waals surface area contributed by atoms with Crippen molar-refractivity contribution in [2.24, 2.45) is 11.5 Å². The average Bonchev–Trinajstić information content (AvgIpc) is 2.90. The second-order valence-corrected chi connectivity index (χ2v) is 8.60. The van der Waals surface area contributed by atoms with E-state index in [2.05, 4.69) is 20.6 Å². The Bertz CT molecular complexity index is 1630. The molecule has 202 valence electrons. The van der Waals surface area contributed by atoms with Crippen LogP contribution in [0.4, 0.5) is 11.4 Å². The van der Waals surface area contributed by atoms with Crippen molar-refractivity contribution < 1.29 is 23.7 Å². The predicted molar refractivity (Wildman–Crippen MR) is 147 cm³/mol. The summed E-state index contributed by atoms with van der Waals surface area (Å²) in [6.07, 6.45) is 0. The summed E-state index contributed by atoms with van der Waals surface area (Å²) in [5.74, 6) is 0.442. The summed E-state index contributed by atoms with van der Waals surface area (Å²) in [4.78, 5) is 20.8. The number of aromatic nitrogens is 2. The molecule has 2 heterocycles. The van der Waals surface area contributed by atoms with Gasteiger partial charge in [-0.05, 0) is 55.0 Å². The summed E-state index contributed by atoms with van der Waals surface area (Å²) in [7, 11) is 0. The summed E-state index contributed by atoms with van der Waals surface area (Å²) in [6, 6.07) is 18.8. The van der Waals surface area contributed by atoms with Gasteiger partial charge in [-0.25, -0.2) is 0 Å². The van der Waals surface area contributed by atoms with Gasteiger partial charge in [0.2, 0.25) is 5.88 Å². The number of amides is 1. The van der Waals surface area contributed by atoms with Crippen LogP contribution in [0.2, 0.25) is 0 Å². The van der Waals surface area contributed by atoms with Gasteiger partial charge in [-0.1, -0.05) is 18.2 Å². The molecule has 0 radical (unpaired) electrons.